The van der Waals surface area contributed by atoms with E-state index >= 15 is 0 Å². The fraction of sp³-hybridized carbons (Fsp3) is 0.833. The molecule has 0 aliphatic carbocycles. The van der Waals surface area contributed by atoms with E-state index in [0.29, 0.717) is 19.6 Å². The van der Waals surface area contributed by atoms with E-state index in [1.807, 2.05) is 6.92 Å². The van der Waals surface area contributed by atoms with Crippen molar-refractivity contribution in [3.05, 3.63) is 0 Å². The predicted octanol–water partition coefficient (Wildman–Crippen LogP) is 0.0325. The van der Waals surface area contributed by atoms with Gasteiger partial charge in [-0.05, 0) is 6.42 Å². The Hall–Kier alpha value is -1.34. The molecule has 7 heteroatoms. The lowest BCUT2D eigenvalue weighted by molar-refractivity contribution is -0.139. The number of carbonyl (C=O) groups excluding carboxylic acids is 1. The molecule has 3 N–H and O–H groups in total. The van der Waals surface area contributed by atoms with Gasteiger partial charge in [0, 0.05) is 6.54 Å². The number of unbranched alkanes of at least 4 members (excludes halogenated alkanes) is 1. The molecule has 1 fully saturated rings. The van der Waals surface area contributed by atoms with Gasteiger partial charge in [-0.15, -0.1) is 0 Å². The Morgan fingerprint density at radius 1 is 1.53 bits per heavy atom. The molecule has 0 aromatic carbocycles. The van der Waals surface area contributed by atoms with Gasteiger partial charge in [-0.1, -0.05) is 19.8 Å². The number of carbonyl (C=O) groups is 2. The van der Waals surface area contributed by atoms with Crippen LogP contribution in [0, 0.1) is 0 Å². The molecule has 1 aliphatic heterocycles. The van der Waals surface area contributed by atoms with Gasteiger partial charge < -0.3 is 25.2 Å². The van der Waals surface area contributed by atoms with Gasteiger partial charge in [0.2, 0.25) is 0 Å². The van der Waals surface area contributed by atoms with Gasteiger partial charge in [-0.3, -0.25) is 0 Å². The number of ether oxygens (including phenoxy) is 1. The van der Waals surface area contributed by atoms with Crippen molar-refractivity contribution in [3.63, 3.8) is 0 Å². The second-order valence-corrected chi connectivity index (χ2v) is 4.60. The Bertz CT molecular complexity index is 310. The van der Waals surface area contributed by atoms with Crippen LogP contribution >= 0.6 is 0 Å². The van der Waals surface area contributed by atoms with Crippen LogP contribution in [0.5, 0.6) is 0 Å². The largest absolute Gasteiger partial charge is 0.480 e. The highest BCUT2D eigenvalue weighted by Crippen LogP contribution is 2.07. The van der Waals surface area contributed by atoms with Gasteiger partial charge >= 0.3 is 12.0 Å². The molecular weight excluding hydrogens is 252 g/mol. The maximum absolute atomic E-state index is 12.0. The zero-order valence-corrected chi connectivity index (χ0v) is 11.2. The lowest BCUT2D eigenvalue weighted by Crippen LogP contribution is -2.53. The summed E-state index contributed by atoms with van der Waals surface area (Å²) in [5, 5.41) is 20.6. The van der Waals surface area contributed by atoms with E-state index in [1.54, 1.807) is 0 Å². The minimum Gasteiger partial charge on any atom is -0.480 e. The highest BCUT2D eigenvalue weighted by Gasteiger charge is 2.27. The maximum atomic E-state index is 12.0. The van der Waals surface area contributed by atoms with Crippen LogP contribution in [0.1, 0.15) is 26.2 Å². The minimum absolute atomic E-state index is 0.151. The molecule has 1 aliphatic rings. The van der Waals surface area contributed by atoms with Gasteiger partial charge in [0.25, 0.3) is 0 Å². The van der Waals surface area contributed by atoms with Crippen molar-refractivity contribution in [1.82, 2.24) is 10.2 Å². The van der Waals surface area contributed by atoms with Crippen LogP contribution in [-0.2, 0) is 9.53 Å². The summed E-state index contributed by atoms with van der Waals surface area (Å²) in [6.07, 6.45) is 1.66. The molecule has 2 amide bonds. The second kappa shape index (κ2) is 7.96. The molecular formula is C12H22N2O5. The quantitative estimate of drug-likeness (QED) is 0.635. The van der Waals surface area contributed by atoms with Gasteiger partial charge in [-0.25, -0.2) is 9.59 Å². The van der Waals surface area contributed by atoms with E-state index < -0.39 is 24.1 Å². The first-order valence-corrected chi connectivity index (χ1v) is 6.59. The Morgan fingerprint density at radius 2 is 2.26 bits per heavy atom. The molecule has 19 heavy (non-hydrogen) atoms. The number of urea groups is 1. The minimum atomic E-state index is -1.02. The maximum Gasteiger partial charge on any atom is 0.326 e. The Kier molecular flexibility index (Phi) is 6.58. The topological polar surface area (TPSA) is 99.1 Å². The number of nitrogens with zero attached hydrogens (tertiary/aromatic N) is 1. The van der Waals surface area contributed by atoms with Crippen molar-refractivity contribution in [2.24, 2.45) is 0 Å². The smallest absolute Gasteiger partial charge is 0.326 e. The number of hydrogen-bond acceptors (Lipinski definition) is 4. The lowest BCUT2D eigenvalue weighted by atomic mass is 10.1. The monoisotopic (exact) mass is 274 g/mol. The number of hydrogen-bond donors (Lipinski definition) is 3. The van der Waals surface area contributed by atoms with E-state index in [0.717, 1.165) is 12.8 Å². The van der Waals surface area contributed by atoms with E-state index in [2.05, 4.69) is 5.32 Å². The van der Waals surface area contributed by atoms with Crippen LogP contribution in [0.4, 0.5) is 4.79 Å². The third-order valence-corrected chi connectivity index (χ3v) is 3.07. The predicted molar refractivity (Wildman–Crippen MR) is 67.9 cm³/mol. The van der Waals surface area contributed by atoms with Crippen LogP contribution in [0.2, 0.25) is 0 Å². The summed E-state index contributed by atoms with van der Waals surface area (Å²) in [6, 6.07) is -1.27. The summed E-state index contributed by atoms with van der Waals surface area (Å²) in [5.74, 6) is -1.02. The summed E-state index contributed by atoms with van der Waals surface area (Å²) < 4.78 is 5.24. The van der Waals surface area contributed by atoms with Crippen molar-refractivity contribution in [3.8, 4) is 0 Å². The van der Waals surface area contributed by atoms with Crippen LogP contribution in [0.25, 0.3) is 0 Å². The Balaban J connectivity index is 2.48. The van der Waals surface area contributed by atoms with Crippen molar-refractivity contribution in [1.29, 1.82) is 0 Å². The normalized spacial score (nSPS) is 20.9. The molecule has 0 radical (unpaired) electrons. The number of carboxylic acid groups (broad SMARTS) is 1. The van der Waals surface area contributed by atoms with Crippen molar-refractivity contribution < 1.29 is 24.5 Å². The number of aliphatic hydroxyl groups is 1. The number of morpholine rings is 1. The molecule has 0 aromatic rings. The zero-order valence-electron chi connectivity index (χ0n) is 11.2. The number of rotatable bonds is 6. The van der Waals surface area contributed by atoms with Crippen molar-refractivity contribution in [2.75, 3.05) is 26.3 Å². The molecule has 110 valence electrons. The van der Waals surface area contributed by atoms with Gasteiger partial charge in [0.05, 0.1) is 25.9 Å². The number of nitrogens with one attached hydrogen (secondary N) is 1. The Labute approximate surface area is 112 Å². The second-order valence-electron chi connectivity index (χ2n) is 4.60. The first-order valence-electron chi connectivity index (χ1n) is 6.59. The van der Waals surface area contributed by atoms with E-state index in [9.17, 15) is 9.59 Å². The highest BCUT2D eigenvalue weighted by molar-refractivity contribution is 5.82. The van der Waals surface area contributed by atoms with Crippen molar-refractivity contribution >= 4 is 12.0 Å². The van der Waals surface area contributed by atoms with Crippen LogP contribution in [-0.4, -0.2) is 65.6 Å². The number of aliphatic hydroxyl groups excluding tert-OH is 1. The zero-order chi connectivity index (χ0) is 14.3. The van der Waals surface area contributed by atoms with Crippen molar-refractivity contribution in [2.45, 2.75) is 38.3 Å². The molecule has 2 unspecified atom stereocenters. The molecule has 1 saturated heterocycles. The van der Waals surface area contributed by atoms with Crippen LogP contribution in [0.3, 0.4) is 0 Å². The standard InChI is InChI=1S/C12H22N2O5/c1-2-3-4-10(11(16)17)13-12(18)14-5-6-19-9(7-14)8-15/h9-10,15H,2-8H2,1H3,(H,13,18)(H,16,17). The van der Waals surface area contributed by atoms with Gasteiger partial charge in [0.1, 0.15) is 6.04 Å². The molecule has 0 aromatic heterocycles. The summed E-state index contributed by atoms with van der Waals surface area (Å²) >= 11 is 0. The Morgan fingerprint density at radius 3 is 2.84 bits per heavy atom. The summed E-state index contributed by atoms with van der Waals surface area (Å²) in [7, 11) is 0. The number of amides is 2. The van der Waals surface area contributed by atoms with E-state index in [1.165, 1.54) is 4.90 Å². The summed E-state index contributed by atoms with van der Waals surface area (Å²) in [6.45, 7) is 2.85. The molecule has 1 heterocycles. The first-order chi connectivity index (χ1) is 9.08. The van der Waals surface area contributed by atoms with Gasteiger partial charge in [-0.2, -0.15) is 0 Å². The average molecular weight is 274 g/mol. The molecule has 0 saturated carbocycles. The molecule has 0 bridgehead atoms. The number of aliphatic carboxylic acids is 1. The lowest BCUT2D eigenvalue weighted by Gasteiger charge is -2.32. The molecule has 2 atom stereocenters. The van der Waals surface area contributed by atoms with Gasteiger partial charge in [0.15, 0.2) is 0 Å². The van der Waals surface area contributed by atoms with Crippen LogP contribution < -0.4 is 5.32 Å². The third kappa shape index (κ3) is 5.04. The fourth-order valence-corrected chi connectivity index (χ4v) is 1.92. The molecule has 0 spiro atoms. The first kappa shape index (κ1) is 15.7. The molecule has 7 nitrogen and oxygen atoms in total. The van der Waals surface area contributed by atoms with Crippen LogP contribution in [0.15, 0.2) is 0 Å². The number of carboxylic acids is 1. The van der Waals surface area contributed by atoms with E-state index in [-0.39, 0.29) is 13.2 Å². The SMILES string of the molecule is CCCCC(NC(=O)N1CCOC(CO)C1)C(=O)O. The molecule has 1 rings (SSSR count). The average Bonchev–Trinajstić information content (AvgIpc) is 2.42. The third-order valence-electron chi connectivity index (χ3n) is 3.07. The summed E-state index contributed by atoms with van der Waals surface area (Å²) in [4.78, 5) is 24.5. The highest BCUT2D eigenvalue weighted by atomic mass is 16.5. The fourth-order valence-electron chi connectivity index (χ4n) is 1.92. The van der Waals surface area contributed by atoms with E-state index in [4.69, 9.17) is 14.9 Å². The summed E-state index contributed by atoms with van der Waals surface area (Å²) in [5.41, 5.74) is 0.